The minimum atomic E-state index is -0.457. The van der Waals surface area contributed by atoms with Crippen LogP contribution in [-0.2, 0) is 6.54 Å². The summed E-state index contributed by atoms with van der Waals surface area (Å²) in [5.41, 5.74) is 5.96. The number of nitrogens with zero attached hydrogens (tertiary/aromatic N) is 4. The number of amides is 1. The molecular weight excluding hydrogens is 414 g/mol. The number of nitrogens with one attached hydrogen (secondary N) is 1. The van der Waals surface area contributed by atoms with Crippen molar-refractivity contribution < 1.29 is 4.79 Å². The molecule has 33 heavy (non-hydrogen) atoms. The molecule has 0 saturated heterocycles. The minimum absolute atomic E-state index is 0.0488. The zero-order valence-corrected chi connectivity index (χ0v) is 18.7. The van der Waals surface area contributed by atoms with Gasteiger partial charge in [-0.25, -0.2) is 4.52 Å². The van der Waals surface area contributed by atoms with Crippen LogP contribution in [-0.4, -0.2) is 25.1 Å². The summed E-state index contributed by atoms with van der Waals surface area (Å²) in [6, 6.07) is 21.4. The highest BCUT2D eigenvalue weighted by Gasteiger charge is 2.20. The summed E-state index contributed by atoms with van der Waals surface area (Å²) < 4.78 is 3.16. The van der Waals surface area contributed by atoms with Gasteiger partial charge in [-0.15, -0.1) is 5.10 Å². The lowest BCUT2D eigenvalue weighted by Gasteiger charge is -2.12. The number of hydrogen-bond donors (Lipinski definition) is 1. The number of anilines is 1. The van der Waals surface area contributed by atoms with Crippen LogP contribution in [0.25, 0.3) is 16.7 Å². The van der Waals surface area contributed by atoms with Crippen LogP contribution in [0.15, 0.2) is 71.5 Å². The van der Waals surface area contributed by atoms with Crippen molar-refractivity contribution in [2.75, 3.05) is 5.32 Å². The molecule has 0 atom stereocenters. The van der Waals surface area contributed by atoms with Crippen molar-refractivity contribution >= 4 is 28.3 Å². The fourth-order valence-corrected chi connectivity index (χ4v) is 3.95. The SMILES string of the molecule is Cc1ccc(C)c(NC(=O)c2nc3c(=O)n(Cc4ccccc4)c4cc(C)ccc4n3n2)c1. The molecule has 3 aromatic carbocycles. The van der Waals surface area contributed by atoms with E-state index >= 15 is 0 Å². The maximum atomic E-state index is 13.5. The molecule has 0 radical (unpaired) electrons. The first-order chi connectivity index (χ1) is 15.9. The molecule has 1 amide bonds. The van der Waals surface area contributed by atoms with Gasteiger partial charge in [0.2, 0.25) is 11.5 Å². The van der Waals surface area contributed by atoms with Crippen molar-refractivity contribution in [3.63, 3.8) is 0 Å². The molecule has 5 rings (SSSR count). The average Bonchev–Trinajstić information content (AvgIpc) is 3.26. The van der Waals surface area contributed by atoms with Gasteiger partial charge in [-0.2, -0.15) is 4.98 Å². The Bertz CT molecular complexity index is 1580. The van der Waals surface area contributed by atoms with E-state index in [0.717, 1.165) is 27.8 Å². The molecule has 164 valence electrons. The summed E-state index contributed by atoms with van der Waals surface area (Å²) in [7, 11) is 0. The number of fused-ring (bicyclic) bond motifs is 3. The lowest BCUT2D eigenvalue weighted by atomic mass is 10.1. The van der Waals surface area contributed by atoms with Crippen LogP contribution < -0.4 is 10.9 Å². The van der Waals surface area contributed by atoms with Gasteiger partial charge >= 0.3 is 0 Å². The second-order valence-corrected chi connectivity index (χ2v) is 8.31. The Kier molecular flexibility index (Phi) is 5.01. The van der Waals surface area contributed by atoms with Crippen molar-refractivity contribution in [1.29, 1.82) is 0 Å². The van der Waals surface area contributed by atoms with Crippen molar-refractivity contribution in [2.24, 2.45) is 0 Å². The van der Waals surface area contributed by atoms with Crippen molar-refractivity contribution in [1.82, 2.24) is 19.2 Å². The molecule has 0 spiro atoms. The molecular formula is C26H23N5O2. The molecule has 0 fully saturated rings. The zero-order valence-electron chi connectivity index (χ0n) is 18.7. The fraction of sp³-hybridized carbons (Fsp3) is 0.154. The molecule has 0 aliphatic rings. The molecule has 0 aliphatic heterocycles. The van der Waals surface area contributed by atoms with E-state index in [1.807, 2.05) is 87.5 Å². The summed E-state index contributed by atoms with van der Waals surface area (Å²) in [4.78, 5) is 30.8. The number of aromatic nitrogens is 4. The molecule has 0 bridgehead atoms. The number of carbonyl (C=O) groups excluding carboxylic acids is 1. The van der Waals surface area contributed by atoms with Crippen LogP contribution >= 0.6 is 0 Å². The third-order valence-electron chi connectivity index (χ3n) is 5.72. The van der Waals surface area contributed by atoms with Crippen LogP contribution in [0.4, 0.5) is 5.69 Å². The van der Waals surface area contributed by atoms with Crippen LogP contribution in [0, 0.1) is 20.8 Å². The smallest absolute Gasteiger partial charge is 0.296 e. The Morgan fingerprint density at radius 2 is 1.64 bits per heavy atom. The molecule has 5 aromatic rings. The van der Waals surface area contributed by atoms with E-state index in [0.29, 0.717) is 17.7 Å². The number of aryl methyl sites for hydroxylation is 3. The van der Waals surface area contributed by atoms with E-state index in [4.69, 9.17) is 0 Å². The Morgan fingerprint density at radius 3 is 2.42 bits per heavy atom. The Labute approximate surface area is 190 Å². The lowest BCUT2D eigenvalue weighted by molar-refractivity contribution is 0.101. The zero-order chi connectivity index (χ0) is 23.1. The van der Waals surface area contributed by atoms with Gasteiger partial charge in [-0.1, -0.05) is 48.5 Å². The summed E-state index contributed by atoms with van der Waals surface area (Å²) in [6.45, 7) is 6.25. The summed E-state index contributed by atoms with van der Waals surface area (Å²) in [5.74, 6) is -0.506. The molecule has 7 nitrogen and oxygen atoms in total. The Balaban J connectivity index is 1.65. The van der Waals surface area contributed by atoms with Crippen LogP contribution in [0.5, 0.6) is 0 Å². The summed E-state index contributed by atoms with van der Waals surface area (Å²) in [5, 5.41) is 7.28. The van der Waals surface area contributed by atoms with E-state index in [-0.39, 0.29) is 17.0 Å². The topological polar surface area (TPSA) is 81.3 Å². The van der Waals surface area contributed by atoms with Gasteiger partial charge < -0.3 is 5.32 Å². The molecule has 0 aliphatic carbocycles. The second kappa shape index (κ2) is 8.02. The van der Waals surface area contributed by atoms with Crippen molar-refractivity contribution in [3.8, 4) is 0 Å². The monoisotopic (exact) mass is 437 g/mol. The van der Waals surface area contributed by atoms with Gasteiger partial charge in [0, 0.05) is 5.69 Å². The number of carbonyl (C=O) groups is 1. The van der Waals surface area contributed by atoms with Gasteiger partial charge in [0.15, 0.2) is 0 Å². The standard InChI is InChI=1S/C26H23N5O2/c1-16-9-11-18(3)20(13-16)27-25(32)23-28-24-26(33)30(15-19-7-5-4-6-8-19)22-14-17(2)10-12-21(22)31(24)29-23/h4-14H,15H2,1-3H3,(H,27,32). The Morgan fingerprint density at radius 1 is 0.909 bits per heavy atom. The predicted octanol–water partition coefficient (Wildman–Crippen LogP) is 4.27. The third kappa shape index (κ3) is 3.78. The van der Waals surface area contributed by atoms with Gasteiger partial charge in [0.05, 0.1) is 17.6 Å². The first-order valence-electron chi connectivity index (χ1n) is 10.7. The normalized spacial score (nSPS) is 11.2. The molecule has 7 heteroatoms. The van der Waals surface area contributed by atoms with E-state index in [2.05, 4.69) is 15.4 Å². The maximum Gasteiger partial charge on any atom is 0.296 e. The Hall–Kier alpha value is -4.26. The largest absolute Gasteiger partial charge is 0.319 e. The average molecular weight is 438 g/mol. The third-order valence-corrected chi connectivity index (χ3v) is 5.72. The van der Waals surface area contributed by atoms with E-state index in [9.17, 15) is 9.59 Å². The number of rotatable bonds is 4. The summed E-state index contributed by atoms with van der Waals surface area (Å²) in [6.07, 6.45) is 0. The first kappa shape index (κ1) is 20.6. The summed E-state index contributed by atoms with van der Waals surface area (Å²) >= 11 is 0. The number of hydrogen-bond acceptors (Lipinski definition) is 4. The van der Waals surface area contributed by atoms with Crippen molar-refractivity contribution in [2.45, 2.75) is 27.3 Å². The highest BCUT2D eigenvalue weighted by molar-refractivity contribution is 6.02. The van der Waals surface area contributed by atoms with Crippen LogP contribution in [0.1, 0.15) is 32.9 Å². The highest BCUT2D eigenvalue weighted by atomic mass is 16.2. The maximum absolute atomic E-state index is 13.5. The lowest BCUT2D eigenvalue weighted by Crippen LogP contribution is -2.24. The van der Waals surface area contributed by atoms with Gasteiger partial charge in [0.1, 0.15) is 0 Å². The van der Waals surface area contributed by atoms with E-state index in [1.54, 1.807) is 4.57 Å². The van der Waals surface area contributed by atoms with Gasteiger partial charge in [-0.3, -0.25) is 14.2 Å². The molecule has 1 N–H and O–H groups in total. The van der Waals surface area contributed by atoms with Gasteiger partial charge in [0.25, 0.3) is 11.5 Å². The quantitative estimate of drug-likeness (QED) is 0.455. The minimum Gasteiger partial charge on any atom is -0.319 e. The highest BCUT2D eigenvalue weighted by Crippen LogP contribution is 2.19. The molecule has 2 heterocycles. The molecule has 2 aromatic heterocycles. The second-order valence-electron chi connectivity index (χ2n) is 8.31. The molecule has 0 saturated carbocycles. The first-order valence-corrected chi connectivity index (χ1v) is 10.7. The van der Waals surface area contributed by atoms with E-state index in [1.165, 1.54) is 4.52 Å². The number of benzene rings is 3. The van der Waals surface area contributed by atoms with Crippen molar-refractivity contribution in [3.05, 3.63) is 105 Å². The van der Waals surface area contributed by atoms with Crippen LogP contribution in [0.3, 0.4) is 0 Å². The van der Waals surface area contributed by atoms with E-state index < -0.39 is 5.91 Å². The predicted molar refractivity (Wildman–Crippen MR) is 129 cm³/mol. The van der Waals surface area contributed by atoms with Crippen LogP contribution in [0.2, 0.25) is 0 Å². The molecule has 0 unspecified atom stereocenters. The fourth-order valence-electron chi connectivity index (χ4n) is 3.95. The van der Waals surface area contributed by atoms with Gasteiger partial charge in [-0.05, 0) is 61.2 Å².